The van der Waals surface area contributed by atoms with Gasteiger partial charge < -0.3 is 0 Å². The van der Waals surface area contributed by atoms with E-state index in [1.807, 2.05) is 0 Å². The third kappa shape index (κ3) is 3.12. The Balaban J connectivity index is 3.04. The van der Waals surface area contributed by atoms with Crippen LogP contribution in [0.4, 0.5) is 0 Å². The van der Waals surface area contributed by atoms with E-state index >= 15 is 0 Å². The number of amides is 2. The number of carbonyl (C=O) groups excluding carboxylic acids is 3. The molecule has 1 aliphatic rings. The van der Waals surface area contributed by atoms with Crippen LogP contribution in [0.1, 0.15) is 20.3 Å². The van der Waals surface area contributed by atoms with E-state index in [-0.39, 0.29) is 6.42 Å². The van der Waals surface area contributed by atoms with E-state index in [0.717, 1.165) is 11.2 Å². The van der Waals surface area contributed by atoms with Gasteiger partial charge in [-0.25, -0.2) is 8.42 Å². The number of rotatable bonds is 4. The minimum absolute atomic E-state index is 0.0341. The summed E-state index contributed by atoms with van der Waals surface area (Å²) in [7, 11) is -3.44. The molecule has 0 bridgehead atoms. The molecule has 6 nitrogen and oxygen atoms in total. The van der Waals surface area contributed by atoms with Gasteiger partial charge in [0.1, 0.15) is 15.9 Å². The SMILES string of the molecule is CC(=O)C(CS(C)(=O)=O)N1C(=O)CC(C)C1=O. The fourth-order valence-electron chi connectivity index (χ4n) is 1.80. The molecule has 1 saturated heterocycles. The van der Waals surface area contributed by atoms with Crippen molar-refractivity contribution < 1.29 is 22.8 Å². The number of likely N-dealkylation sites (tertiary alicyclic amines) is 1. The Morgan fingerprint density at radius 2 is 2.00 bits per heavy atom. The lowest BCUT2D eigenvalue weighted by Crippen LogP contribution is -2.48. The number of sulfone groups is 1. The standard InChI is InChI=1S/C10H15NO5S/c1-6-4-9(13)11(10(6)14)8(7(2)12)5-17(3,15)16/h6,8H,4-5H2,1-3H3. The number of carbonyl (C=O) groups is 3. The second kappa shape index (κ2) is 4.56. The Kier molecular flexibility index (Phi) is 3.71. The second-order valence-corrected chi connectivity index (χ2v) is 6.61. The molecule has 0 radical (unpaired) electrons. The van der Waals surface area contributed by atoms with E-state index in [1.165, 1.54) is 6.92 Å². The first-order chi connectivity index (χ1) is 7.63. The summed E-state index contributed by atoms with van der Waals surface area (Å²) in [4.78, 5) is 35.5. The van der Waals surface area contributed by atoms with Crippen LogP contribution in [-0.4, -0.2) is 49.0 Å². The van der Waals surface area contributed by atoms with Gasteiger partial charge in [-0.2, -0.15) is 0 Å². The second-order valence-electron chi connectivity index (χ2n) is 4.43. The Bertz CT molecular complexity index is 467. The fourth-order valence-corrected chi connectivity index (χ4v) is 2.75. The number of hydrogen-bond donors (Lipinski definition) is 0. The predicted molar refractivity (Wildman–Crippen MR) is 59.8 cm³/mol. The van der Waals surface area contributed by atoms with Crippen LogP contribution in [0.15, 0.2) is 0 Å². The average molecular weight is 261 g/mol. The lowest BCUT2D eigenvalue weighted by atomic mass is 10.1. The van der Waals surface area contributed by atoms with Crippen LogP contribution < -0.4 is 0 Å². The molecular weight excluding hydrogens is 246 g/mol. The number of Topliss-reactive ketones (excluding diaryl/α,β-unsaturated/α-hetero) is 1. The van der Waals surface area contributed by atoms with Gasteiger partial charge in [-0.15, -0.1) is 0 Å². The molecule has 2 amide bonds. The first kappa shape index (κ1) is 13.8. The van der Waals surface area contributed by atoms with Gasteiger partial charge in [0.05, 0.1) is 5.75 Å². The monoisotopic (exact) mass is 261 g/mol. The number of nitrogens with zero attached hydrogens (tertiary/aromatic N) is 1. The van der Waals surface area contributed by atoms with Gasteiger partial charge in [-0.3, -0.25) is 19.3 Å². The van der Waals surface area contributed by atoms with Crippen LogP contribution in [0, 0.1) is 5.92 Å². The Morgan fingerprint density at radius 1 is 1.47 bits per heavy atom. The maximum Gasteiger partial charge on any atom is 0.233 e. The third-order valence-electron chi connectivity index (χ3n) is 2.65. The van der Waals surface area contributed by atoms with E-state index in [2.05, 4.69) is 0 Å². The largest absolute Gasteiger partial charge is 0.298 e. The Morgan fingerprint density at radius 3 is 2.29 bits per heavy atom. The van der Waals surface area contributed by atoms with Crippen molar-refractivity contribution in [2.45, 2.75) is 26.3 Å². The zero-order valence-electron chi connectivity index (χ0n) is 9.97. The maximum absolute atomic E-state index is 11.7. The van der Waals surface area contributed by atoms with Crippen molar-refractivity contribution in [1.29, 1.82) is 0 Å². The fraction of sp³-hybridized carbons (Fsp3) is 0.700. The zero-order chi connectivity index (χ0) is 13.4. The Labute approximate surface area is 99.9 Å². The summed E-state index contributed by atoms with van der Waals surface area (Å²) in [5, 5.41) is 0. The minimum atomic E-state index is -3.44. The van der Waals surface area contributed by atoms with E-state index < -0.39 is 45.1 Å². The van der Waals surface area contributed by atoms with Crippen molar-refractivity contribution in [2.24, 2.45) is 5.92 Å². The van der Waals surface area contributed by atoms with Gasteiger partial charge in [-0.1, -0.05) is 6.92 Å². The van der Waals surface area contributed by atoms with Gasteiger partial charge in [0, 0.05) is 18.6 Å². The molecule has 0 N–H and O–H groups in total. The number of ketones is 1. The summed E-state index contributed by atoms with van der Waals surface area (Å²) in [6, 6.07) is -1.19. The highest BCUT2D eigenvalue weighted by atomic mass is 32.2. The van der Waals surface area contributed by atoms with Crippen LogP contribution in [0.3, 0.4) is 0 Å². The average Bonchev–Trinajstić information content (AvgIpc) is 2.36. The predicted octanol–water partition coefficient (Wildman–Crippen LogP) is -0.616. The summed E-state index contributed by atoms with van der Waals surface area (Å²) in [5.74, 6) is -2.44. The highest BCUT2D eigenvalue weighted by Crippen LogP contribution is 2.22. The van der Waals surface area contributed by atoms with Gasteiger partial charge >= 0.3 is 0 Å². The quantitative estimate of drug-likeness (QED) is 0.629. The van der Waals surface area contributed by atoms with Crippen molar-refractivity contribution in [3.05, 3.63) is 0 Å². The zero-order valence-corrected chi connectivity index (χ0v) is 10.8. The van der Waals surface area contributed by atoms with Crippen molar-refractivity contribution in [3.8, 4) is 0 Å². The van der Waals surface area contributed by atoms with Crippen LogP contribution in [-0.2, 0) is 24.2 Å². The topological polar surface area (TPSA) is 88.6 Å². The normalized spacial score (nSPS) is 23.0. The molecule has 1 fully saturated rings. The summed E-state index contributed by atoms with van der Waals surface area (Å²) < 4.78 is 22.4. The molecule has 1 aliphatic heterocycles. The van der Waals surface area contributed by atoms with E-state index in [4.69, 9.17) is 0 Å². The van der Waals surface area contributed by atoms with Gasteiger partial charge in [-0.05, 0) is 6.92 Å². The molecule has 0 aliphatic carbocycles. The van der Waals surface area contributed by atoms with Crippen LogP contribution in [0.25, 0.3) is 0 Å². The Hall–Kier alpha value is -1.24. The molecule has 17 heavy (non-hydrogen) atoms. The van der Waals surface area contributed by atoms with Gasteiger partial charge in [0.2, 0.25) is 11.8 Å². The first-order valence-electron chi connectivity index (χ1n) is 5.17. The van der Waals surface area contributed by atoms with Crippen LogP contribution in [0.5, 0.6) is 0 Å². The molecule has 96 valence electrons. The molecular formula is C10H15NO5S. The molecule has 0 spiro atoms. The highest BCUT2D eigenvalue weighted by Gasteiger charge is 2.42. The summed E-state index contributed by atoms with van der Waals surface area (Å²) in [5.41, 5.74) is 0. The number of hydrogen-bond acceptors (Lipinski definition) is 5. The first-order valence-corrected chi connectivity index (χ1v) is 7.23. The lowest BCUT2D eigenvalue weighted by molar-refractivity contribution is -0.145. The third-order valence-corrected chi connectivity index (χ3v) is 3.57. The molecule has 0 aromatic carbocycles. The molecule has 2 atom stereocenters. The summed E-state index contributed by atoms with van der Waals surface area (Å²) in [6.45, 7) is 2.76. The smallest absolute Gasteiger partial charge is 0.233 e. The molecule has 0 aromatic rings. The summed E-state index contributed by atoms with van der Waals surface area (Å²) >= 11 is 0. The minimum Gasteiger partial charge on any atom is -0.298 e. The summed E-state index contributed by atoms with van der Waals surface area (Å²) in [6.07, 6.45) is 1.00. The molecule has 1 rings (SSSR count). The van der Waals surface area contributed by atoms with Gasteiger partial charge in [0.15, 0.2) is 5.78 Å². The van der Waals surface area contributed by atoms with Crippen LogP contribution >= 0.6 is 0 Å². The van der Waals surface area contributed by atoms with E-state index in [0.29, 0.717) is 0 Å². The van der Waals surface area contributed by atoms with E-state index in [9.17, 15) is 22.8 Å². The molecule has 0 saturated carbocycles. The van der Waals surface area contributed by atoms with Crippen LogP contribution in [0.2, 0.25) is 0 Å². The van der Waals surface area contributed by atoms with E-state index in [1.54, 1.807) is 6.92 Å². The molecule has 0 aromatic heterocycles. The van der Waals surface area contributed by atoms with Gasteiger partial charge in [0.25, 0.3) is 0 Å². The molecule has 2 unspecified atom stereocenters. The molecule has 7 heteroatoms. The maximum atomic E-state index is 11.7. The van der Waals surface area contributed by atoms with Crippen molar-refractivity contribution in [3.63, 3.8) is 0 Å². The number of imide groups is 1. The van der Waals surface area contributed by atoms with Crippen molar-refractivity contribution in [2.75, 3.05) is 12.0 Å². The van der Waals surface area contributed by atoms with Crippen molar-refractivity contribution in [1.82, 2.24) is 4.90 Å². The van der Waals surface area contributed by atoms with Crippen molar-refractivity contribution >= 4 is 27.4 Å². The molecule has 1 heterocycles. The highest BCUT2D eigenvalue weighted by molar-refractivity contribution is 7.90. The lowest BCUT2D eigenvalue weighted by Gasteiger charge is -2.23.